The largest absolute Gasteiger partial charge is 0.489 e. The number of piperazine rings is 1. The van der Waals surface area contributed by atoms with Crippen LogP contribution in [-0.2, 0) is 6.61 Å². The Morgan fingerprint density at radius 1 is 0.750 bits per heavy atom. The molecule has 3 aromatic carbocycles. The molecule has 0 aromatic heterocycles. The van der Waals surface area contributed by atoms with Crippen molar-refractivity contribution in [1.29, 1.82) is 0 Å². The highest BCUT2D eigenvalue weighted by Crippen LogP contribution is 2.19. The molecule has 4 heteroatoms. The number of amides is 1. The molecule has 142 valence electrons. The van der Waals surface area contributed by atoms with Gasteiger partial charge in [-0.15, -0.1) is 0 Å². The lowest BCUT2D eigenvalue weighted by Gasteiger charge is -2.36. The van der Waals surface area contributed by atoms with E-state index >= 15 is 0 Å². The molecule has 0 saturated carbocycles. The summed E-state index contributed by atoms with van der Waals surface area (Å²) < 4.78 is 5.87. The maximum Gasteiger partial charge on any atom is 0.254 e. The van der Waals surface area contributed by atoms with Crippen LogP contribution in [0.25, 0.3) is 0 Å². The quantitative estimate of drug-likeness (QED) is 0.672. The van der Waals surface area contributed by atoms with E-state index in [1.54, 1.807) is 0 Å². The van der Waals surface area contributed by atoms with E-state index in [1.807, 2.05) is 65.6 Å². The van der Waals surface area contributed by atoms with Gasteiger partial charge in [-0.05, 0) is 30.3 Å². The van der Waals surface area contributed by atoms with E-state index in [0.717, 1.165) is 43.1 Å². The average molecular weight is 372 g/mol. The summed E-state index contributed by atoms with van der Waals surface area (Å²) in [6, 6.07) is 27.8. The Balaban J connectivity index is 1.41. The van der Waals surface area contributed by atoms with Crippen LogP contribution in [0.1, 0.15) is 15.9 Å². The monoisotopic (exact) mass is 372 g/mol. The van der Waals surface area contributed by atoms with Crippen LogP contribution in [0.15, 0.2) is 84.9 Å². The number of benzene rings is 3. The minimum Gasteiger partial charge on any atom is -0.489 e. The summed E-state index contributed by atoms with van der Waals surface area (Å²) in [5, 5.41) is 0. The standard InChI is InChI=1S/C24H24N2O2/c27-24(26-17-15-25(16-18-26)21-10-3-1-4-11-21)23-14-8-7-9-20(23)19-28-22-12-5-2-6-13-22/h1-14H,15-19H2. The highest BCUT2D eigenvalue weighted by molar-refractivity contribution is 5.95. The van der Waals surface area contributed by atoms with Crippen LogP contribution in [-0.4, -0.2) is 37.0 Å². The van der Waals surface area contributed by atoms with Crippen molar-refractivity contribution in [1.82, 2.24) is 4.90 Å². The second-order valence-corrected chi connectivity index (χ2v) is 6.87. The molecule has 0 radical (unpaired) electrons. The first-order chi connectivity index (χ1) is 13.8. The second-order valence-electron chi connectivity index (χ2n) is 6.87. The van der Waals surface area contributed by atoms with Crippen molar-refractivity contribution < 1.29 is 9.53 Å². The number of carbonyl (C=O) groups is 1. The fourth-order valence-electron chi connectivity index (χ4n) is 3.51. The number of rotatable bonds is 5. The molecule has 1 heterocycles. The maximum atomic E-state index is 13.1. The molecule has 0 spiro atoms. The zero-order valence-electron chi connectivity index (χ0n) is 15.8. The Labute approximate surface area is 166 Å². The van der Waals surface area contributed by atoms with Gasteiger partial charge in [0.1, 0.15) is 12.4 Å². The van der Waals surface area contributed by atoms with E-state index in [0.29, 0.717) is 6.61 Å². The van der Waals surface area contributed by atoms with E-state index < -0.39 is 0 Å². The van der Waals surface area contributed by atoms with Crippen LogP contribution in [0.3, 0.4) is 0 Å². The fourth-order valence-corrected chi connectivity index (χ4v) is 3.51. The third-order valence-electron chi connectivity index (χ3n) is 5.07. The Bertz CT molecular complexity index is 904. The lowest BCUT2D eigenvalue weighted by atomic mass is 10.1. The van der Waals surface area contributed by atoms with Gasteiger partial charge in [0.2, 0.25) is 0 Å². The van der Waals surface area contributed by atoms with Crippen molar-refractivity contribution in [2.45, 2.75) is 6.61 Å². The molecule has 1 saturated heterocycles. The number of hydrogen-bond acceptors (Lipinski definition) is 3. The molecule has 28 heavy (non-hydrogen) atoms. The SMILES string of the molecule is O=C(c1ccccc1COc1ccccc1)N1CCN(c2ccccc2)CC1. The number of ether oxygens (including phenoxy) is 1. The van der Waals surface area contributed by atoms with Gasteiger partial charge in [-0.25, -0.2) is 0 Å². The highest BCUT2D eigenvalue weighted by Gasteiger charge is 2.23. The molecule has 0 N–H and O–H groups in total. The molecule has 4 nitrogen and oxygen atoms in total. The lowest BCUT2D eigenvalue weighted by Crippen LogP contribution is -2.49. The molecular weight excluding hydrogens is 348 g/mol. The van der Waals surface area contributed by atoms with Gasteiger partial charge in [0, 0.05) is 43.0 Å². The van der Waals surface area contributed by atoms with Crippen molar-refractivity contribution in [3.63, 3.8) is 0 Å². The van der Waals surface area contributed by atoms with Crippen molar-refractivity contribution in [3.05, 3.63) is 96.1 Å². The van der Waals surface area contributed by atoms with E-state index in [-0.39, 0.29) is 5.91 Å². The summed E-state index contributed by atoms with van der Waals surface area (Å²) in [5.74, 6) is 0.890. The number of carbonyl (C=O) groups excluding carboxylic acids is 1. The minimum atomic E-state index is 0.0833. The summed E-state index contributed by atoms with van der Waals surface area (Å²) in [5.41, 5.74) is 2.86. The Hall–Kier alpha value is -3.27. The normalized spacial score (nSPS) is 14.0. The van der Waals surface area contributed by atoms with Crippen LogP contribution < -0.4 is 9.64 Å². The maximum absolute atomic E-state index is 13.1. The van der Waals surface area contributed by atoms with Crippen molar-refractivity contribution in [2.75, 3.05) is 31.1 Å². The number of anilines is 1. The minimum absolute atomic E-state index is 0.0833. The van der Waals surface area contributed by atoms with Crippen LogP contribution >= 0.6 is 0 Å². The first kappa shape index (κ1) is 18.1. The Morgan fingerprint density at radius 3 is 2.07 bits per heavy atom. The topological polar surface area (TPSA) is 32.8 Å². The summed E-state index contributed by atoms with van der Waals surface area (Å²) >= 11 is 0. The van der Waals surface area contributed by atoms with Crippen molar-refractivity contribution in [3.8, 4) is 5.75 Å². The van der Waals surface area contributed by atoms with Crippen molar-refractivity contribution >= 4 is 11.6 Å². The number of nitrogens with zero attached hydrogens (tertiary/aromatic N) is 2. The van der Waals surface area contributed by atoms with Crippen molar-refractivity contribution in [2.24, 2.45) is 0 Å². The lowest BCUT2D eigenvalue weighted by molar-refractivity contribution is 0.0744. The Morgan fingerprint density at radius 2 is 1.36 bits per heavy atom. The summed E-state index contributed by atoms with van der Waals surface area (Å²) in [6.45, 7) is 3.52. The second kappa shape index (κ2) is 8.61. The van der Waals surface area contributed by atoms with Crippen LogP contribution in [0.2, 0.25) is 0 Å². The van der Waals surface area contributed by atoms with Gasteiger partial charge in [0.15, 0.2) is 0 Å². The molecule has 0 atom stereocenters. The predicted molar refractivity (Wildman–Crippen MR) is 112 cm³/mol. The molecule has 1 fully saturated rings. The molecule has 4 rings (SSSR count). The Kier molecular flexibility index (Phi) is 5.57. The molecule has 3 aromatic rings. The van der Waals surface area contributed by atoms with Gasteiger partial charge >= 0.3 is 0 Å². The molecule has 1 aliphatic rings. The van der Waals surface area contributed by atoms with Gasteiger partial charge in [0.25, 0.3) is 5.91 Å². The molecule has 0 aliphatic carbocycles. The van der Waals surface area contributed by atoms with Gasteiger partial charge < -0.3 is 14.5 Å². The van der Waals surface area contributed by atoms with Gasteiger partial charge in [0.05, 0.1) is 0 Å². The van der Waals surface area contributed by atoms with Crippen LogP contribution in [0, 0.1) is 0 Å². The van der Waals surface area contributed by atoms with Gasteiger partial charge in [-0.3, -0.25) is 4.79 Å². The van der Waals surface area contributed by atoms with Gasteiger partial charge in [-0.1, -0.05) is 54.6 Å². The fraction of sp³-hybridized carbons (Fsp3) is 0.208. The average Bonchev–Trinajstić information content (AvgIpc) is 2.79. The molecule has 1 aliphatic heterocycles. The summed E-state index contributed by atoms with van der Waals surface area (Å²) in [7, 11) is 0. The van der Waals surface area contributed by atoms with E-state index in [2.05, 4.69) is 29.2 Å². The molecule has 0 bridgehead atoms. The third kappa shape index (κ3) is 4.17. The molecular formula is C24H24N2O2. The zero-order valence-corrected chi connectivity index (χ0v) is 15.8. The summed E-state index contributed by atoms with van der Waals surface area (Å²) in [6.07, 6.45) is 0. The van der Waals surface area contributed by atoms with E-state index in [9.17, 15) is 4.79 Å². The first-order valence-corrected chi connectivity index (χ1v) is 9.66. The number of para-hydroxylation sites is 2. The van der Waals surface area contributed by atoms with Crippen LogP contribution in [0.4, 0.5) is 5.69 Å². The van der Waals surface area contributed by atoms with E-state index in [4.69, 9.17) is 4.74 Å². The summed E-state index contributed by atoms with van der Waals surface area (Å²) in [4.78, 5) is 17.4. The zero-order chi connectivity index (χ0) is 19.2. The first-order valence-electron chi connectivity index (χ1n) is 9.66. The smallest absolute Gasteiger partial charge is 0.254 e. The van der Waals surface area contributed by atoms with Gasteiger partial charge in [-0.2, -0.15) is 0 Å². The van der Waals surface area contributed by atoms with E-state index in [1.165, 1.54) is 5.69 Å². The number of hydrogen-bond donors (Lipinski definition) is 0. The molecule has 1 amide bonds. The van der Waals surface area contributed by atoms with Crippen LogP contribution in [0.5, 0.6) is 5.75 Å². The molecule has 0 unspecified atom stereocenters. The third-order valence-corrected chi connectivity index (χ3v) is 5.07. The predicted octanol–water partition coefficient (Wildman–Crippen LogP) is 4.23. The highest BCUT2D eigenvalue weighted by atomic mass is 16.5.